The molecule has 0 aliphatic carbocycles. The zero-order valence-corrected chi connectivity index (χ0v) is 11.8. The molecule has 0 atom stereocenters. The van der Waals surface area contributed by atoms with Crippen LogP contribution in [-0.4, -0.2) is 24.9 Å². The van der Waals surface area contributed by atoms with Gasteiger partial charge in [0.15, 0.2) is 0 Å². The lowest BCUT2D eigenvalue weighted by atomic mass is 10.1. The molecule has 4 nitrogen and oxygen atoms in total. The molecule has 2 aromatic carbocycles. The van der Waals surface area contributed by atoms with Gasteiger partial charge in [0.05, 0.1) is 5.56 Å². The first kappa shape index (κ1) is 14.1. The maximum Gasteiger partial charge on any atom is 0.257 e. The Morgan fingerprint density at radius 1 is 1.10 bits per heavy atom. The number of hydrogen-bond donors (Lipinski definition) is 2. The summed E-state index contributed by atoms with van der Waals surface area (Å²) in [5.74, 6) is -0.186. The molecule has 2 rings (SSSR count). The lowest BCUT2D eigenvalue weighted by Crippen LogP contribution is -2.17. The highest BCUT2D eigenvalue weighted by Gasteiger charge is 2.11. The van der Waals surface area contributed by atoms with Crippen molar-refractivity contribution < 1.29 is 4.79 Å². The minimum atomic E-state index is -0.186. The smallest absolute Gasteiger partial charge is 0.257 e. The molecule has 0 bridgehead atoms. The molecule has 0 saturated carbocycles. The second-order valence-corrected chi connectivity index (χ2v) is 4.94. The highest BCUT2D eigenvalue weighted by molar-refractivity contribution is 6.08. The molecule has 0 radical (unpaired) electrons. The third-order valence-electron chi connectivity index (χ3n) is 2.96. The van der Waals surface area contributed by atoms with Crippen LogP contribution in [-0.2, 0) is 6.54 Å². The molecule has 1 amide bonds. The Morgan fingerprint density at radius 3 is 2.45 bits per heavy atom. The highest BCUT2D eigenvalue weighted by Crippen LogP contribution is 2.19. The summed E-state index contributed by atoms with van der Waals surface area (Å²) in [5, 5.41) is 2.93. The number of rotatable bonds is 4. The summed E-state index contributed by atoms with van der Waals surface area (Å²) in [6.45, 7) is 0.765. The van der Waals surface area contributed by atoms with E-state index in [1.165, 1.54) is 0 Å². The largest absolute Gasteiger partial charge is 0.398 e. The van der Waals surface area contributed by atoms with Crippen LogP contribution in [0.4, 0.5) is 11.4 Å². The molecule has 0 spiro atoms. The quantitative estimate of drug-likeness (QED) is 0.839. The van der Waals surface area contributed by atoms with Crippen molar-refractivity contribution >= 4 is 17.3 Å². The molecule has 3 N–H and O–H groups in total. The Hall–Kier alpha value is -2.33. The number of nitrogens with zero attached hydrogens (tertiary/aromatic N) is 1. The first-order chi connectivity index (χ1) is 9.58. The van der Waals surface area contributed by atoms with E-state index in [9.17, 15) is 4.79 Å². The van der Waals surface area contributed by atoms with Crippen molar-refractivity contribution in [2.75, 3.05) is 25.1 Å². The van der Waals surface area contributed by atoms with Crippen LogP contribution in [0, 0.1) is 0 Å². The fourth-order valence-corrected chi connectivity index (χ4v) is 2.01. The van der Waals surface area contributed by atoms with Crippen LogP contribution in [0.15, 0.2) is 48.5 Å². The summed E-state index contributed by atoms with van der Waals surface area (Å²) in [5.41, 5.74) is 8.68. The van der Waals surface area contributed by atoms with E-state index in [0.29, 0.717) is 11.3 Å². The van der Waals surface area contributed by atoms with Crippen molar-refractivity contribution in [3.63, 3.8) is 0 Å². The molecule has 104 valence electrons. The fraction of sp³-hybridized carbons (Fsp3) is 0.188. The zero-order chi connectivity index (χ0) is 14.5. The third-order valence-corrected chi connectivity index (χ3v) is 2.96. The molecule has 0 aromatic heterocycles. The van der Waals surface area contributed by atoms with E-state index < -0.39 is 0 Å². The molecule has 4 heteroatoms. The standard InChI is InChI=1S/C16H19N3O/c1-19(2)11-12-7-3-6-10-15(12)18-16(20)13-8-4-5-9-14(13)17/h3-10H,11,17H2,1-2H3,(H,18,20). The molecule has 0 fully saturated rings. The van der Waals surface area contributed by atoms with Crippen molar-refractivity contribution in [3.05, 3.63) is 59.7 Å². The van der Waals surface area contributed by atoms with Gasteiger partial charge in [-0.1, -0.05) is 30.3 Å². The molecular weight excluding hydrogens is 250 g/mol. The number of amides is 1. The summed E-state index contributed by atoms with van der Waals surface area (Å²) < 4.78 is 0. The minimum Gasteiger partial charge on any atom is -0.398 e. The van der Waals surface area contributed by atoms with Crippen LogP contribution < -0.4 is 11.1 Å². The summed E-state index contributed by atoms with van der Waals surface area (Å²) in [7, 11) is 3.99. The topological polar surface area (TPSA) is 58.4 Å². The molecule has 20 heavy (non-hydrogen) atoms. The summed E-state index contributed by atoms with van der Waals surface area (Å²) in [4.78, 5) is 14.3. The van der Waals surface area contributed by atoms with Gasteiger partial charge in [-0.25, -0.2) is 0 Å². The van der Waals surface area contributed by atoms with Crippen LogP contribution in [0.5, 0.6) is 0 Å². The van der Waals surface area contributed by atoms with Crippen LogP contribution in [0.1, 0.15) is 15.9 Å². The van der Waals surface area contributed by atoms with Crippen LogP contribution in [0.3, 0.4) is 0 Å². The van der Waals surface area contributed by atoms with Gasteiger partial charge in [-0.2, -0.15) is 0 Å². The van der Waals surface area contributed by atoms with Crippen molar-refractivity contribution in [3.8, 4) is 0 Å². The Morgan fingerprint density at radius 2 is 1.75 bits per heavy atom. The van der Waals surface area contributed by atoms with E-state index in [1.54, 1.807) is 18.2 Å². The van der Waals surface area contributed by atoms with Gasteiger partial charge in [0, 0.05) is 17.9 Å². The normalized spacial score (nSPS) is 10.6. The number of anilines is 2. The zero-order valence-electron chi connectivity index (χ0n) is 11.8. The SMILES string of the molecule is CN(C)Cc1ccccc1NC(=O)c1ccccc1N. The second kappa shape index (κ2) is 6.21. The Kier molecular flexibility index (Phi) is 4.38. The van der Waals surface area contributed by atoms with E-state index >= 15 is 0 Å². The minimum absolute atomic E-state index is 0.186. The van der Waals surface area contributed by atoms with E-state index in [4.69, 9.17) is 5.73 Å². The predicted octanol–water partition coefficient (Wildman–Crippen LogP) is 2.58. The van der Waals surface area contributed by atoms with E-state index in [-0.39, 0.29) is 5.91 Å². The lowest BCUT2D eigenvalue weighted by molar-refractivity contribution is 0.102. The number of benzene rings is 2. The summed E-state index contributed by atoms with van der Waals surface area (Å²) in [6.07, 6.45) is 0. The first-order valence-electron chi connectivity index (χ1n) is 6.46. The number of carbonyl (C=O) groups is 1. The van der Waals surface area contributed by atoms with Gasteiger partial charge in [0.2, 0.25) is 0 Å². The van der Waals surface area contributed by atoms with Crippen LogP contribution >= 0.6 is 0 Å². The van der Waals surface area contributed by atoms with Gasteiger partial charge >= 0.3 is 0 Å². The molecular formula is C16H19N3O. The Balaban J connectivity index is 2.22. The Labute approximate surface area is 119 Å². The van der Waals surface area contributed by atoms with E-state index in [0.717, 1.165) is 17.8 Å². The van der Waals surface area contributed by atoms with Gasteiger partial charge in [-0.3, -0.25) is 4.79 Å². The van der Waals surface area contributed by atoms with Crippen molar-refractivity contribution in [1.29, 1.82) is 0 Å². The number of nitrogens with two attached hydrogens (primary N) is 1. The molecule has 2 aromatic rings. The van der Waals surface area contributed by atoms with E-state index in [2.05, 4.69) is 10.2 Å². The van der Waals surface area contributed by atoms with Crippen molar-refractivity contribution in [1.82, 2.24) is 4.90 Å². The molecule has 0 unspecified atom stereocenters. The third kappa shape index (κ3) is 3.36. The summed E-state index contributed by atoms with van der Waals surface area (Å²) >= 11 is 0. The Bertz CT molecular complexity index is 608. The second-order valence-electron chi connectivity index (χ2n) is 4.94. The first-order valence-corrected chi connectivity index (χ1v) is 6.46. The van der Waals surface area contributed by atoms with Gasteiger partial charge in [0.1, 0.15) is 0 Å². The van der Waals surface area contributed by atoms with Crippen LogP contribution in [0.25, 0.3) is 0 Å². The molecule has 0 heterocycles. The highest BCUT2D eigenvalue weighted by atomic mass is 16.1. The van der Waals surface area contributed by atoms with Gasteiger partial charge in [-0.15, -0.1) is 0 Å². The predicted molar refractivity (Wildman–Crippen MR) is 82.6 cm³/mol. The van der Waals surface area contributed by atoms with Crippen molar-refractivity contribution in [2.24, 2.45) is 0 Å². The lowest BCUT2D eigenvalue weighted by Gasteiger charge is -2.15. The number of carbonyl (C=O) groups excluding carboxylic acids is 1. The summed E-state index contributed by atoms with van der Waals surface area (Å²) in [6, 6.07) is 14.8. The number of hydrogen-bond acceptors (Lipinski definition) is 3. The molecule has 0 aliphatic heterocycles. The molecule has 0 aliphatic rings. The maximum absolute atomic E-state index is 12.3. The number of nitrogens with one attached hydrogen (secondary N) is 1. The van der Waals surface area contributed by atoms with Gasteiger partial charge in [-0.05, 0) is 37.9 Å². The monoisotopic (exact) mass is 269 g/mol. The number of nitrogen functional groups attached to an aromatic ring is 1. The van der Waals surface area contributed by atoms with Gasteiger partial charge < -0.3 is 16.0 Å². The average molecular weight is 269 g/mol. The van der Waals surface area contributed by atoms with Crippen LogP contribution in [0.2, 0.25) is 0 Å². The fourth-order valence-electron chi connectivity index (χ4n) is 2.01. The van der Waals surface area contributed by atoms with Gasteiger partial charge in [0.25, 0.3) is 5.91 Å². The average Bonchev–Trinajstić information content (AvgIpc) is 2.41. The molecule has 0 saturated heterocycles. The maximum atomic E-state index is 12.3. The number of para-hydroxylation sites is 2. The van der Waals surface area contributed by atoms with E-state index in [1.807, 2.05) is 44.4 Å². The van der Waals surface area contributed by atoms with Crippen molar-refractivity contribution in [2.45, 2.75) is 6.54 Å².